The number of benzene rings is 2. The van der Waals surface area contributed by atoms with E-state index >= 15 is 0 Å². The number of oxazole rings is 1. The average Bonchev–Trinajstić information content (AvgIpc) is 3.15. The number of hydrogen-bond acceptors (Lipinski definition) is 3. The topological polar surface area (TPSA) is 80.0 Å². The molecular formula is C18H15N3O3. The molecule has 2 aromatic heterocycles. The quantitative estimate of drug-likeness (QED) is 0.606. The number of nitrogens with zero attached hydrogens (tertiary/aromatic N) is 1. The normalized spacial score (nSPS) is 11.2. The summed E-state index contributed by atoms with van der Waals surface area (Å²) >= 11 is 0. The maximum Gasteiger partial charge on any atom is 0.417 e. The smallest absolute Gasteiger partial charge is 0.408 e. The van der Waals surface area contributed by atoms with E-state index in [9.17, 15) is 9.59 Å². The Kier molecular flexibility index (Phi) is 3.42. The molecule has 2 heterocycles. The van der Waals surface area contributed by atoms with Crippen LogP contribution >= 0.6 is 0 Å². The van der Waals surface area contributed by atoms with Crippen molar-refractivity contribution in [3.05, 3.63) is 65.3 Å². The highest BCUT2D eigenvalue weighted by atomic mass is 16.4. The molecule has 0 radical (unpaired) electrons. The lowest BCUT2D eigenvalue weighted by Crippen LogP contribution is -2.14. The Balaban J connectivity index is 1.45. The van der Waals surface area contributed by atoms with E-state index in [2.05, 4.69) is 14.9 Å². The fraction of sp³-hybridized carbons (Fsp3) is 0.111. The summed E-state index contributed by atoms with van der Waals surface area (Å²) in [6, 6.07) is 15.2. The predicted molar refractivity (Wildman–Crippen MR) is 92.0 cm³/mol. The number of anilines is 1. The maximum atomic E-state index is 12.2. The zero-order valence-electron chi connectivity index (χ0n) is 12.8. The fourth-order valence-corrected chi connectivity index (χ4v) is 2.81. The summed E-state index contributed by atoms with van der Waals surface area (Å²) in [5.74, 6) is -0.592. The van der Waals surface area contributed by atoms with Gasteiger partial charge in [0.2, 0.25) is 5.91 Å². The van der Waals surface area contributed by atoms with Crippen molar-refractivity contribution in [1.29, 1.82) is 0 Å². The Bertz CT molecular complexity index is 1090. The second kappa shape index (κ2) is 5.73. The molecule has 2 aromatic carbocycles. The summed E-state index contributed by atoms with van der Waals surface area (Å²) in [6.07, 6.45) is 2.35. The van der Waals surface area contributed by atoms with E-state index in [4.69, 9.17) is 4.42 Å². The second-order valence-electron chi connectivity index (χ2n) is 5.59. The van der Waals surface area contributed by atoms with Crippen molar-refractivity contribution in [3.63, 3.8) is 0 Å². The van der Waals surface area contributed by atoms with Gasteiger partial charge < -0.3 is 14.3 Å². The molecule has 0 unspecified atom stereocenters. The Hall–Kier alpha value is -3.28. The van der Waals surface area contributed by atoms with Gasteiger partial charge in [-0.3, -0.25) is 9.78 Å². The minimum atomic E-state index is -0.507. The molecule has 1 amide bonds. The number of amides is 1. The second-order valence-corrected chi connectivity index (χ2v) is 5.59. The van der Waals surface area contributed by atoms with Crippen molar-refractivity contribution in [1.82, 2.24) is 9.55 Å². The molecule has 6 nitrogen and oxygen atoms in total. The Morgan fingerprint density at radius 3 is 2.96 bits per heavy atom. The van der Waals surface area contributed by atoms with Crippen molar-refractivity contribution >= 4 is 33.6 Å². The van der Waals surface area contributed by atoms with Crippen LogP contribution in [0, 0.1) is 0 Å². The van der Waals surface area contributed by atoms with Crippen molar-refractivity contribution in [2.24, 2.45) is 0 Å². The predicted octanol–water partition coefficient (Wildman–Crippen LogP) is 3.10. The Labute approximate surface area is 136 Å². The molecule has 0 aliphatic carbocycles. The highest BCUT2D eigenvalue weighted by Crippen LogP contribution is 2.17. The van der Waals surface area contributed by atoms with Crippen LogP contribution in [0.1, 0.15) is 6.42 Å². The average molecular weight is 321 g/mol. The zero-order valence-corrected chi connectivity index (χ0v) is 12.8. The molecule has 0 spiro atoms. The third-order valence-electron chi connectivity index (χ3n) is 3.96. The number of rotatable bonds is 4. The van der Waals surface area contributed by atoms with Gasteiger partial charge in [0, 0.05) is 30.4 Å². The first-order valence-electron chi connectivity index (χ1n) is 7.66. The lowest BCUT2D eigenvalue weighted by atomic mass is 10.2. The van der Waals surface area contributed by atoms with E-state index in [0.717, 1.165) is 10.9 Å². The van der Waals surface area contributed by atoms with Crippen LogP contribution in [0.25, 0.3) is 22.0 Å². The van der Waals surface area contributed by atoms with Crippen LogP contribution in [0.2, 0.25) is 0 Å². The largest absolute Gasteiger partial charge is 0.417 e. The number of hydrogen-bond donors (Lipinski definition) is 2. The highest BCUT2D eigenvalue weighted by molar-refractivity contribution is 5.92. The molecule has 0 bridgehead atoms. The first kappa shape index (κ1) is 14.3. The molecule has 0 aliphatic rings. The number of aromatic nitrogens is 2. The molecule has 0 fully saturated rings. The number of nitrogens with one attached hydrogen (secondary N) is 2. The number of aryl methyl sites for hydroxylation is 1. The Morgan fingerprint density at radius 2 is 2.04 bits per heavy atom. The van der Waals surface area contributed by atoms with Crippen molar-refractivity contribution in [2.75, 3.05) is 5.32 Å². The number of carbonyl (C=O) groups is 1. The van der Waals surface area contributed by atoms with Crippen molar-refractivity contribution in [2.45, 2.75) is 13.0 Å². The van der Waals surface area contributed by atoms with Crippen molar-refractivity contribution < 1.29 is 9.21 Å². The molecular weight excluding hydrogens is 306 g/mol. The summed E-state index contributed by atoms with van der Waals surface area (Å²) < 4.78 is 7.00. The number of carbonyl (C=O) groups excluding carboxylic acids is 1. The van der Waals surface area contributed by atoms with Gasteiger partial charge in [-0.25, -0.2) is 4.79 Å². The molecule has 0 atom stereocenters. The summed E-state index contributed by atoms with van der Waals surface area (Å²) in [7, 11) is 0. The molecule has 120 valence electrons. The number of aromatic amines is 1. The minimum Gasteiger partial charge on any atom is -0.408 e. The van der Waals surface area contributed by atoms with Crippen LogP contribution in [-0.4, -0.2) is 15.5 Å². The van der Waals surface area contributed by atoms with Gasteiger partial charge in [0.1, 0.15) is 0 Å². The third kappa shape index (κ3) is 2.69. The maximum absolute atomic E-state index is 12.2. The van der Waals surface area contributed by atoms with Gasteiger partial charge in [0.25, 0.3) is 0 Å². The van der Waals surface area contributed by atoms with Crippen LogP contribution in [0.4, 0.5) is 5.69 Å². The Morgan fingerprint density at radius 1 is 1.17 bits per heavy atom. The van der Waals surface area contributed by atoms with Gasteiger partial charge in [-0.2, -0.15) is 0 Å². The molecule has 0 aliphatic heterocycles. The van der Waals surface area contributed by atoms with E-state index in [1.165, 1.54) is 0 Å². The highest BCUT2D eigenvalue weighted by Gasteiger charge is 2.07. The van der Waals surface area contributed by atoms with Gasteiger partial charge in [-0.15, -0.1) is 0 Å². The van der Waals surface area contributed by atoms with Crippen LogP contribution in [0.5, 0.6) is 0 Å². The summed E-state index contributed by atoms with van der Waals surface area (Å²) in [4.78, 5) is 25.9. The van der Waals surface area contributed by atoms with Gasteiger partial charge >= 0.3 is 5.76 Å². The van der Waals surface area contributed by atoms with Crippen LogP contribution < -0.4 is 11.1 Å². The molecule has 4 rings (SSSR count). The SMILES string of the molecule is O=C(CCn1ccc2ccccc21)Nc1ccc2oc(=O)[nH]c2c1. The van der Waals surface area contributed by atoms with E-state index in [1.807, 2.05) is 36.5 Å². The number of para-hydroxylation sites is 1. The van der Waals surface area contributed by atoms with Gasteiger partial charge in [0.05, 0.1) is 5.52 Å². The molecule has 4 aromatic rings. The number of fused-ring (bicyclic) bond motifs is 2. The van der Waals surface area contributed by atoms with E-state index in [1.54, 1.807) is 18.2 Å². The molecule has 6 heteroatoms. The number of H-pyrrole nitrogens is 1. The molecule has 0 saturated heterocycles. The van der Waals surface area contributed by atoms with Crippen LogP contribution in [0.3, 0.4) is 0 Å². The summed E-state index contributed by atoms with van der Waals surface area (Å²) in [5.41, 5.74) is 2.77. The first-order valence-corrected chi connectivity index (χ1v) is 7.66. The summed E-state index contributed by atoms with van der Waals surface area (Å²) in [5, 5.41) is 4.00. The first-order chi connectivity index (χ1) is 11.7. The fourth-order valence-electron chi connectivity index (χ4n) is 2.81. The van der Waals surface area contributed by atoms with Crippen LogP contribution in [0.15, 0.2) is 63.9 Å². The van der Waals surface area contributed by atoms with Gasteiger partial charge in [-0.05, 0) is 35.7 Å². The van der Waals surface area contributed by atoms with E-state index < -0.39 is 5.76 Å². The van der Waals surface area contributed by atoms with E-state index in [-0.39, 0.29) is 5.91 Å². The van der Waals surface area contributed by atoms with Gasteiger partial charge in [0.15, 0.2) is 5.58 Å². The molecule has 24 heavy (non-hydrogen) atoms. The lowest BCUT2D eigenvalue weighted by molar-refractivity contribution is -0.116. The third-order valence-corrected chi connectivity index (χ3v) is 3.96. The zero-order chi connectivity index (χ0) is 16.5. The lowest BCUT2D eigenvalue weighted by Gasteiger charge is -2.07. The summed E-state index contributed by atoms with van der Waals surface area (Å²) in [6.45, 7) is 0.601. The van der Waals surface area contributed by atoms with Crippen molar-refractivity contribution in [3.8, 4) is 0 Å². The molecule has 2 N–H and O–H groups in total. The monoisotopic (exact) mass is 321 g/mol. The molecule has 0 saturated carbocycles. The standard InChI is InChI=1S/C18H15N3O3/c22-17(8-10-21-9-7-12-3-1-2-4-15(12)21)19-13-5-6-16-14(11-13)20-18(23)24-16/h1-7,9,11H,8,10H2,(H,19,22)(H,20,23). The van der Waals surface area contributed by atoms with Crippen LogP contribution in [-0.2, 0) is 11.3 Å². The van der Waals surface area contributed by atoms with Gasteiger partial charge in [-0.1, -0.05) is 18.2 Å². The minimum absolute atomic E-state index is 0.0852. The van der Waals surface area contributed by atoms with E-state index in [0.29, 0.717) is 29.8 Å².